The number of anilines is 2. The molecule has 8 nitrogen and oxygen atoms in total. The molecule has 1 saturated heterocycles. The second kappa shape index (κ2) is 13.7. The third-order valence-corrected chi connectivity index (χ3v) is 8.80. The highest BCUT2D eigenvalue weighted by Crippen LogP contribution is 2.48. The minimum atomic E-state index is -0.413. The summed E-state index contributed by atoms with van der Waals surface area (Å²) in [5, 5.41) is 0.768. The maximum atomic E-state index is 12.7. The molecule has 2 aliphatic rings. The van der Waals surface area contributed by atoms with E-state index in [-0.39, 0.29) is 0 Å². The lowest BCUT2D eigenvalue weighted by atomic mass is 10.2. The van der Waals surface area contributed by atoms with Crippen molar-refractivity contribution in [2.45, 2.75) is 16.2 Å². The van der Waals surface area contributed by atoms with E-state index in [1.807, 2.05) is 6.07 Å². The monoisotopic (exact) mass is 597 g/mol. The van der Waals surface area contributed by atoms with Gasteiger partial charge in [-0.1, -0.05) is 35.5 Å². The van der Waals surface area contributed by atoms with Crippen LogP contribution in [0.3, 0.4) is 0 Å². The molecule has 218 valence electrons. The number of halogens is 1. The summed E-state index contributed by atoms with van der Waals surface area (Å²) in [5.41, 5.74) is 2.85. The van der Waals surface area contributed by atoms with Crippen molar-refractivity contribution < 1.29 is 23.7 Å². The first-order chi connectivity index (χ1) is 20.0. The van der Waals surface area contributed by atoms with E-state index in [4.69, 9.17) is 30.5 Å². The predicted octanol–water partition coefficient (Wildman–Crippen LogP) is 5.83. The summed E-state index contributed by atoms with van der Waals surface area (Å²) < 4.78 is 21.6. The zero-order valence-corrected chi connectivity index (χ0v) is 25.3. The molecule has 0 radical (unpaired) electrons. The normalized spacial score (nSPS) is 15.2. The summed E-state index contributed by atoms with van der Waals surface area (Å²) in [6.45, 7) is 6.91. The summed E-state index contributed by atoms with van der Waals surface area (Å²) in [6, 6.07) is 18.0. The minimum absolute atomic E-state index is 0.325. The van der Waals surface area contributed by atoms with Crippen LogP contribution in [0.1, 0.15) is 16.8 Å². The number of nitrogens with zero attached hydrogens (tertiary/aromatic N) is 3. The molecule has 2 aliphatic heterocycles. The van der Waals surface area contributed by atoms with Crippen molar-refractivity contribution >= 4 is 40.7 Å². The van der Waals surface area contributed by atoms with Gasteiger partial charge in [0.05, 0.1) is 38.3 Å². The van der Waals surface area contributed by atoms with Crippen molar-refractivity contribution in [2.75, 3.05) is 78.6 Å². The number of methoxy groups -OCH3 is 3. The van der Waals surface area contributed by atoms with E-state index >= 15 is 0 Å². The van der Waals surface area contributed by atoms with E-state index in [9.17, 15) is 4.79 Å². The van der Waals surface area contributed by atoms with E-state index < -0.39 is 5.97 Å². The smallest absolute Gasteiger partial charge is 0.338 e. The SMILES string of the molecule is COc1cc(C(=O)OCCN2CCN(CCCN3c4ccccc4Sc4cc(Cl)ccc43)CC2)cc(OC)c1OC. The molecule has 0 bridgehead atoms. The van der Waals surface area contributed by atoms with Gasteiger partial charge in [0.25, 0.3) is 0 Å². The molecule has 3 aromatic carbocycles. The van der Waals surface area contributed by atoms with Crippen LogP contribution >= 0.6 is 23.4 Å². The average Bonchev–Trinajstić information content (AvgIpc) is 3.00. The molecule has 0 N–H and O–H groups in total. The molecule has 10 heteroatoms. The molecule has 0 atom stereocenters. The van der Waals surface area contributed by atoms with Crippen LogP contribution in [0.15, 0.2) is 64.4 Å². The first-order valence-corrected chi connectivity index (χ1v) is 15.0. The first kappa shape index (κ1) is 29.4. The lowest BCUT2D eigenvalue weighted by molar-refractivity contribution is 0.0422. The highest BCUT2D eigenvalue weighted by Gasteiger charge is 2.24. The van der Waals surface area contributed by atoms with Crippen LogP contribution in [0.25, 0.3) is 0 Å². The Morgan fingerprint density at radius 1 is 0.805 bits per heavy atom. The van der Waals surface area contributed by atoms with Gasteiger partial charge in [-0.2, -0.15) is 0 Å². The molecule has 0 amide bonds. The van der Waals surface area contributed by atoms with Gasteiger partial charge in [-0.05, 0) is 55.4 Å². The molecule has 0 aromatic heterocycles. The number of benzene rings is 3. The average molecular weight is 598 g/mol. The van der Waals surface area contributed by atoms with Gasteiger partial charge in [0.2, 0.25) is 5.75 Å². The summed E-state index contributed by atoms with van der Waals surface area (Å²) in [7, 11) is 4.57. The lowest BCUT2D eigenvalue weighted by Gasteiger charge is -2.36. The number of ether oxygens (including phenoxy) is 4. The molecule has 0 saturated carbocycles. The standard InChI is InChI=1S/C31H36ClN3O5S/c1-37-26-19-22(20-27(38-2)30(26)39-3)31(36)40-18-17-34-15-13-33(14-16-34)11-6-12-35-24-7-4-5-8-28(24)41-29-21-23(32)9-10-25(29)35/h4-5,7-10,19-21H,6,11-18H2,1-3H3. The molecular weight excluding hydrogens is 562 g/mol. The van der Waals surface area contributed by atoms with Crippen molar-refractivity contribution in [1.82, 2.24) is 9.80 Å². The molecule has 0 aliphatic carbocycles. The summed E-state index contributed by atoms with van der Waals surface area (Å²) in [5.74, 6) is 0.877. The van der Waals surface area contributed by atoms with Crippen LogP contribution < -0.4 is 19.1 Å². The minimum Gasteiger partial charge on any atom is -0.493 e. The van der Waals surface area contributed by atoms with Gasteiger partial charge in [-0.15, -0.1) is 0 Å². The van der Waals surface area contributed by atoms with Crippen molar-refractivity contribution in [3.63, 3.8) is 0 Å². The van der Waals surface area contributed by atoms with Crippen molar-refractivity contribution in [3.05, 3.63) is 65.2 Å². The Hall–Kier alpha value is -3.11. The van der Waals surface area contributed by atoms with Crippen molar-refractivity contribution in [1.29, 1.82) is 0 Å². The summed E-state index contributed by atoms with van der Waals surface area (Å²) in [4.78, 5) is 22.4. The van der Waals surface area contributed by atoms with Gasteiger partial charge in [-0.25, -0.2) is 4.79 Å². The Balaban J connectivity index is 1.07. The summed E-state index contributed by atoms with van der Waals surface area (Å²) in [6.07, 6.45) is 1.06. The fourth-order valence-electron chi connectivity index (χ4n) is 5.29. The van der Waals surface area contributed by atoms with Gasteiger partial charge in [-0.3, -0.25) is 4.90 Å². The number of carbonyl (C=O) groups is 1. The first-order valence-electron chi connectivity index (χ1n) is 13.8. The van der Waals surface area contributed by atoms with E-state index in [0.717, 1.165) is 50.7 Å². The maximum Gasteiger partial charge on any atom is 0.338 e. The van der Waals surface area contributed by atoms with Gasteiger partial charge < -0.3 is 28.7 Å². The number of hydrogen-bond donors (Lipinski definition) is 0. The highest BCUT2D eigenvalue weighted by atomic mass is 35.5. The van der Waals surface area contributed by atoms with Crippen LogP contribution in [-0.4, -0.2) is 89.5 Å². The Morgan fingerprint density at radius 2 is 1.46 bits per heavy atom. The van der Waals surface area contributed by atoms with Crippen LogP contribution in [0, 0.1) is 0 Å². The summed E-state index contributed by atoms with van der Waals surface area (Å²) >= 11 is 8.08. The van der Waals surface area contributed by atoms with E-state index in [1.165, 1.54) is 42.5 Å². The van der Waals surface area contributed by atoms with E-state index in [1.54, 1.807) is 23.9 Å². The second-order valence-electron chi connectivity index (χ2n) is 9.92. The zero-order valence-electron chi connectivity index (χ0n) is 23.7. The molecule has 5 rings (SSSR count). The predicted molar refractivity (Wildman–Crippen MR) is 163 cm³/mol. The molecule has 2 heterocycles. The van der Waals surface area contributed by atoms with Gasteiger partial charge >= 0.3 is 5.97 Å². The maximum absolute atomic E-state index is 12.7. The zero-order chi connectivity index (χ0) is 28.8. The van der Waals surface area contributed by atoms with Crippen LogP contribution in [0.2, 0.25) is 5.02 Å². The number of piperazine rings is 1. The number of hydrogen-bond acceptors (Lipinski definition) is 9. The van der Waals surface area contributed by atoms with Crippen molar-refractivity contribution in [2.24, 2.45) is 0 Å². The number of rotatable bonds is 11. The quantitative estimate of drug-likeness (QED) is 0.254. The Morgan fingerprint density at radius 3 is 2.15 bits per heavy atom. The highest BCUT2D eigenvalue weighted by molar-refractivity contribution is 7.99. The number of para-hydroxylation sites is 1. The lowest BCUT2D eigenvalue weighted by Crippen LogP contribution is -2.47. The van der Waals surface area contributed by atoms with Gasteiger partial charge in [0, 0.05) is 54.1 Å². The Labute approximate surface area is 251 Å². The number of carbonyl (C=O) groups excluding carboxylic acids is 1. The number of esters is 1. The third-order valence-electron chi connectivity index (χ3n) is 7.45. The molecule has 41 heavy (non-hydrogen) atoms. The molecule has 3 aromatic rings. The van der Waals surface area contributed by atoms with Gasteiger partial charge in [0.15, 0.2) is 11.5 Å². The molecule has 1 fully saturated rings. The van der Waals surface area contributed by atoms with Gasteiger partial charge in [0.1, 0.15) is 6.61 Å². The molecular formula is C31H36ClN3O5S. The Bertz CT molecular complexity index is 1340. The second-order valence-corrected chi connectivity index (χ2v) is 11.4. The van der Waals surface area contributed by atoms with Crippen molar-refractivity contribution in [3.8, 4) is 17.2 Å². The largest absolute Gasteiger partial charge is 0.493 e. The molecule has 0 unspecified atom stereocenters. The topological polar surface area (TPSA) is 63.7 Å². The fraction of sp³-hybridized carbons (Fsp3) is 0.387. The fourth-order valence-corrected chi connectivity index (χ4v) is 6.66. The Kier molecular flexibility index (Phi) is 9.82. The van der Waals surface area contributed by atoms with E-state index in [0.29, 0.717) is 36.0 Å². The van der Waals surface area contributed by atoms with Crippen LogP contribution in [0.5, 0.6) is 17.2 Å². The van der Waals surface area contributed by atoms with Crippen LogP contribution in [-0.2, 0) is 4.74 Å². The molecule has 0 spiro atoms. The number of fused-ring (bicyclic) bond motifs is 2. The third kappa shape index (κ3) is 6.86. The van der Waals surface area contributed by atoms with E-state index in [2.05, 4.69) is 51.1 Å². The van der Waals surface area contributed by atoms with Crippen LogP contribution in [0.4, 0.5) is 11.4 Å².